The standard InChI is InChI=1S/C26H17FN2O4/c1-28-19-8-4-3-7-18(19)26(25(28)32)21-22(30)17-6-2-5-9-20(17)33-23(21)24(31)29(26)14-15-10-12-16(27)13-11-15/h2-13H,14H2,1H3. The lowest BCUT2D eigenvalue weighted by molar-refractivity contribution is -0.126. The predicted octanol–water partition coefficient (Wildman–Crippen LogP) is 3.81. The Labute approximate surface area is 187 Å². The molecule has 1 spiro atoms. The molecule has 0 bridgehead atoms. The molecule has 33 heavy (non-hydrogen) atoms. The molecule has 0 fully saturated rings. The number of nitrogens with zero attached hydrogens (tertiary/aromatic N) is 2. The second kappa shape index (κ2) is 6.62. The maximum atomic E-state index is 13.9. The van der Waals surface area contributed by atoms with Crippen LogP contribution in [0.4, 0.5) is 10.1 Å². The van der Waals surface area contributed by atoms with Crippen LogP contribution in [0.25, 0.3) is 11.0 Å². The summed E-state index contributed by atoms with van der Waals surface area (Å²) in [6.07, 6.45) is 0. The fourth-order valence-electron chi connectivity index (χ4n) is 5.04. The Morgan fingerprint density at radius 1 is 0.909 bits per heavy atom. The summed E-state index contributed by atoms with van der Waals surface area (Å²) in [5, 5.41) is 0.298. The molecule has 0 radical (unpaired) electrons. The van der Waals surface area contributed by atoms with Crippen molar-refractivity contribution in [2.75, 3.05) is 11.9 Å². The maximum absolute atomic E-state index is 13.9. The number of amides is 2. The smallest absolute Gasteiger partial charge is 0.291 e. The summed E-state index contributed by atoms with van der Waals surface area (Å²) < 4.78 is 19.5. The van der Waals surface area contributed by atoms with Gasteiger partial charge in [0.05, 0.1) is 10.9 Å². The highest BCUT2D eigenvalue weighted by molar-refractivity contribution is 6.16. The molecule has 2 amide bonds. The summed E-state index contributed by atoms with van der Waals surface area (Å²) in [5.74, 6) is -1.52. The summed E-state index contributed by atoms with van der Waals surface area (Å²) in [6, 6.07) is 19.5. The van der Waals surface area contributed by atoms with Gasteiger partial charge in [0.2, 0.25) is 5.76 Å². The molecule has 1 unspecified atom stereocenters. The van der Waals surface area contributed by atoms with Gasteiger partial charge in [-0.15, -0.1) is 0 Å². The third-order valence-corrected chi connectivity index (χ3v) is 6.53. The van der Waals surface area contributed by atoms with Crippen LogP contribution < -0.4 is 10.3 Å². The number of hydrogen-bond donors (Lipinski definition) is 0. The molecule has 3 heterocycles. The van der Waals surface area contributed by atoms with E-state index in [9.17, 15) is 18.8 Å². The van der Waals surface area contributed by atoms with Crippen molar-refractivity contribution in [2.24, 2.45) is 0 Å². The zero-order valence-electron chi connectivity index (χ0n) is 17.5. The van der Waals surface area contributed by atoms with Crippen LogP contribution in [0.5, 0.6) is 0 Å². The van der Waals surface area contributed by atoms with Crippen molar-refractivity contribution in [1.29, 1.82) is 0 Å². The summed E-state index contributed by atoms with van der Waals surface area (Å²) in [6.45, 7) is -0.00693. The van der Waals surface area contributed by atoms with Crippen molar-refractivity contribution in [3.63, 3.8) is 0 Å². The van der Waals surface area contributed by atoms with Crippen LogP contribution in [0.15, 0.2) is 82.0 Å². The number of para-hydroxylation sites is 2. The zero-order valence-corrected chi connectivity index (χ0v) is 17.5. The summed E-state index contributed by atoms with van der Waals surface area (Å²) >= 11 is 0. The highest BCUT2D eigenvalue weighted by Crippen LogP contribution is 2.52. The molecule has 3 aromatic carbocycles. The lowest BCUT2D eigenvalue weighted by atomic mass is 9.83. The number of anilines is 1. The molecular weight excluding hydrogens is 423 g/mol. The van der Waals surface area contributed by atoms with E-state index in [1.54, 1.807) is 67.7 Å². The van der Waals surface area contributed by atoms with Gasteiger partial charge in [0.15, 0.2) is 11.0 Å². The molecule has 0 saturated carbocycles. The lowest BCUT2D eigenvalue weighted by Gasteiger charge is -2.34. The first-order valence-corrected chi connectivity index (χ1v) is 10.4. The Bertz CT molecular complexity index is 1540. The minimum Gasteiger partial charge on any atom is -0.450 e. The molecule has 6 nitrogen and oxygen atoms in total. The van der Waals surface area contributed by atoms with Crippen LogP contribution in [0.1, 0.15) is 27.2 Å². The van der Waals surface area contributed by atoms with Gasteiger partial charge in [0, 0.05) is 24.8 Å². The molecule has 162 valence electrons. The van der Waals surface area contributed by atoms with Crippen molar-refractivity contribution < 1.29 is 18.4 Å². The van der Waals surface area contributed by atoms with E-state index in [1.807, 2.05) is 0 Å². The Kier molecular flexibility index (Phi) is 3.90. The second-order valence-electron chi connectivity index (χ2n) is 8.24. The van der Waals surface area contributed by atoms with E-state index in [1.165, 1.54) is 21.9 Å². The van der Waals surface area contributed by atoms with Gasteiger partial charge in [0.25, 0.3) is 11.8 Å². The molecule has 0 aliphatic carbocycles. The molecule has 2 aliphatic heterocycles. The SMILES string of the molecule is CN1C(=O)C2(c3ccccc31)c1c(oc3ccccc3c1=O)C(=O)N2Cc1ccc(F)cc1. The van der Waals surface area contributed by atoms with Crippen molar-refractivity contribution >= 4 is 28.5 Å². The maximum Gasteiger partial charge on any atom is 0.291 e. The second-order valence-corrected chi connectivity index (χ2v) is 8.24. The highest BCUT2D eigenvalue weighted by atomic mass is 19.1. The first-order chi connectivity index (χ1) is 15.9. The third-order valence-electron chi connectivity index (χ3n) is 6.53. The molecule has 6 rings (SSSR count). The Balaban J connectivity index is 1.70. The van der Waals surface area contributed by atoms with Gasteiger partial charge in [0.1, 0.15) is 11.4 Å². The molecule has 2 aliphatic rings. The van der Waals surface area contributed by atoms with E-state index in [0.717, 1.165) is 0 Å². The van der Waals surface area contributed by atoms with Gasteiger partial charge in [-0.1, -0.05) is 42.5 Å². The van der Waals surface area contributed by atoms with Crippen molar-refractivity contribution in [1.82, 2.24) is 4.90 Å². The van der Waals surface area contributed by atoms with Crippen LogP contribution in [0, 0.1) is 5.82 Å². The Hall–Kier alpha value is -4.26. The van der Waals surface area contributed by atoms with Crippen LogP contribution in [0.2, 0.25) is 0 Å². The summed E-state index contributed by atoms with van der Waals surface area (Å²) in [4.78, 5) is 44.3. The largest absolute Gasteiger partial charge is 0.450 e. The molecule has 0 N–H and O–H groups in total. The number of rotatable bonds is 2. The molecule has 1 aromatic heterocycles. The first kappa shape index (κ1) is 19.4. The normalized spacial score (nSPS) is 19.0. The van der Waals surface area contributed by atoms with Crippen molar-refractivity contribution in [2.45, 2.75) is 12.1 Å². The Morgan fingerprint density at radius 2 is 1.61 bits per heavy atom. The minimum atomic E-state index is -1.67. The van der Waals surface area contributed by atoms with Crippen LogP contribution >= 0.6 is 0 Å². The lowest BCUT2D eigenvalue weighted by Crippen LogP contribution is -2.52. The summed E-state index contributed by atoms with van der Waals surface area (Å²) in [7, 11) is 1.62. The summed E-state index contributed by atoms with van der Waals surface area (Å²) in [5.41, 5.74) is -0.0183. The first-order valence-electron chi connectivity index (χ1n) is 10.4. The average Bonchev–Trinajstić information content (AvgIpc) is 3.21. The molecule has 1 atom stereocenters. The molecule has 7 heteroatoms. The van der Waals surface area contributed by atoms with E-state index in [0.29, 0.717) is 22.2 Å². The van der Waals surface area contributed by atoms with Crippen molar-refractivity contribution in [3.05, 3.63) is 111 Å². The number of benzene rings is 3. The number of carbonyl (C=O) groups excluding carboxylic acids is 2. The third kappa shape index (κ3) is 2.39. The van der Waals surface area contributed by atoms with E-state index in [2.05, 4.69) is 0 Å². The van der Waals surface area contributed by atoms with Gasteiger partial charge in [-0.25, -0.2) is 4.39 Å². The van der Waals surface area contributed by atoms with E-state index in [4.69, 9.17) is 4.42 Å². The fourth-order valence-corrected chi connectivity index (χ4v) is 5.04. The van der Waals surface area contributed by atoms with E-state index < -0.39 is 28.6 Å². The van der Waals surface area contributed by atoms with Crippen LogP contribution in [-0.4, -0.2) is 23.8 Å². The van der Waals surface area contributed by atoms with Gasteiger partial charge in [-0.3, -0.25) is 14.4 Å². The fraction of sp³-hybridized carbons (Fsp3) is 0.115. The quantitative estimate of drug-likeness (QED) is 0.475. The molecule has 4 aromatic rings. The van der Waals surface area contributed by atoms with Crippen molar-refractivity contribution in [3.8, 4) is 0 Å². The number of hydrogen-bond acceptors (Lipinski definition) is 4. The monoisotopic (exact) mass is 440 g/mol. The Morgan fingerprint density at radius 3 is 2.39 bits per heavy atom. The predicted molar refractivity (Wildman–Crippen MR) is 119 cm³/mol. The van der Waals surface area contributed by atoms with E-state index in [-0.39, 0.29) is 23.5 Å². The van der Waals surface area contributed by atoms with Gasteiger partial charge in [-0.2, -0.15) is 0 Å². The molecule has 0 saturated heterocycles. The minimum absolute atomic E-state index is 0.00693. The zero-order chi connectivity index (χ0) is 22.9. The van der Waals surface area contributed by atoms with E-state index >= 15 is 0 Å². The molecular formula is C26H17FN2O4. The van der Waals surface area contributed by atoms with Gasteiger partial charge >= 0.3 is 0 Å². The number of carbonyl (C=O) groups is 2. The van der Waals surface area contributed by atoms with Crippen LogP contribution in [-0.2, 0) is 16.9 Å². The number of likely N-dealkylation sites (N-methyl/N-ethyl adjacent to an activating group) is 1. The average molecular weight is 440 g/mol. The number of halogens is 1. The highest BCUT2D eigenvalue weighted by Gasteiger charge is 2.64. The van der Waals surface area contributed by atoms with Gasteiger partial charge < -0.3 is 14.2 Å². The topological polar surface area (TPSA) is 70.8 Å². The number of fused-ring (bicyclic) bond motifs is 5. The van der Waals surface area contributed by atoms with Gasteiger partial charge in [-0.05, 0) is 35.9 Å². The van der Waals surface area contributed by atoms with Crippen LogP contribution in [0.3, 0.4) is 0 Å².